The Morgan fingerprint density at radius 1 is 1.18 bits per heavy atom. The van der Waals surface area contributed by atoms with Crippen LogP contribution in [0.1, 0.15) is 29.7 Å². The van der Waals surface area contributed by atoms with E-state index in [0.29, 0.717) is 27.1 Å². The molecule has 1 atom stereocenters. The summed E-state index contributed by atoms with van der Waals surface area (Å²) in [5, 5.41) is 13.5. The molecule has 34 heavy (non-hydrogen) atoms. The van der Waals surface area contributed by atoms with Crippen LogP contribution in [-0.4, -0.2) is 13.0 Å². The summed E-state index contributed by atoms with van der Waals surface area (Å²) in [4.78, 5) is 12.7. The molecule has 0 radical (unpaired) electrons. The number of ether oxygens (including phenoxy) is 2. The fraction of sp³-hybridized carbons (Fsp3) is 0.154. The van der Waals surface area contributed by atoms with Crippen molar-refractivity contribution in [3.05, 3.63) is 96.5 Å². The van der Waals surface area contributed by atoms with Crippen LogP contribution in [0.25, 0.3) is 6.08 Å². The number of carbonyl (C=O) groups is 1. The Balaban J connectivity index is 1.80. The molecule has 0 bridgehead atoms. The third kappa shape index (κ3) is 6.66. The summed E-state index contributed by atoms with van der Waals surface area (Å²) < 4.78 is 12.2. The zero-order chi connectivity index (χ0) is 24.7. The second-order valence-corrected chi connectivity index (χ2v) is 9.34. The summed E-state index contributed by atoms with van der Waals surface area (Å²) in [5.74, 6) is 0.552. The van der Waals surface area contributed by atoms with E-state index in [1.54, 1.807) is 24.3 Å². The van der Waals surface area contributed by atoms with Gasteiger partial charge in [0.25, 0.3) is 5.91 Å². The summed E-state index contributed by atoms with van der Waals surface area (Å²) in [7, 11) is 1.53. The lowest BCUT2D eigenvalue weighted by atomic mass is 10.1. The van der Waals surface area contributed by atoms with Crippen molar-refractivity contribution in [2.45, 2.75) is 19.6 Å². The molecule has 5 nitrogen and oxygen atoms in total. The van der Waals surface area contributed by atoms with Gasteiger partial charge in [-0.3, -0.25) is 4.79 Å². The van der Waals surface area contributed by atoms with E-state index in [-0.39, 0.29) is 18.2 Å². The second kappa shape index (κ2) is 12.1. The third-order valence-electron chi connectivity index (χ3n) is 4.96. The highest BCUT2D eigenvalue weighted by Gasteiger charge is 2.16. The second-order valence-electron chi connectivity index (χ2n) is 7.33. The lowest BCUT2D eigenvalue weighted by Crippen LogP contribution is -2.27. The molecular weight excluding hydrogens is 586 g/mol. The van der Waals surface area contributed by atoms with Crippen LogP contribution in [-0.2, 0) is 11.4 Å². The molecule has 0 aliphatic rings. The lowest BCUT2D eigenvalue weighted by molar-refractivity contribution is -0.117. The van der Waals surface area contributed by atoms with Crippen molar-refractivity contribution in [2.75, 3.05) is 7.11 Å². The molecule has 0 heterocycles. The van der Waals surface area contributed by atoms with Crippen LogP contribution in [0.4, 0.5) is 0 Å². The molecule has 0 saturated heterocycles. The van der Waals surface area contributed by atoms with Crippen molar-refractivity contribution in [1.82, 2.24) is 5.32 Å². The minimum Gasteiger partial charge on any atom is -0.493 e. The molecule has 1 N–H and O–H groups in total. The van der Waals surface area contributed by atoms with E-state index in [2.05, 4.69) is 27.9 Å². The highest BCUT2D eigenvalue weighted by Crippen LogP contribution is 2.36. The van der Waals surface area contributed by atoms with Gasteiger partial charge in [0.05, 0.1) is 16.7 Å². The average molecular weight is 607 g/mol. The molecule has 3 aromatic carbocycles. The van der Waals surface area contributed by atoms with Crippen molar-refractivity contribution in [1.29, 1.82) is 5.26 Å². The maximum Gasteiger partial charge on any atom is 0.262 e. The summed E-state index contributed by atoms with van der Waals surface area (Å²) in [6, 6.07) is 20.0. The third-order valence-corrected chi connectivity index (χ3v) is 6.35. The maximum atomic E-state index is 12.7. The first-order chi connectivity index (χ1) is 16.3. The predicted octanol–water partition coefficient (Wildman–Crippen LogP) is 6.97. The summed E-state index contributed by atoms with van der Waals surface area (Å²) in [5.41, 5.74) is 2.36. The Morgan fingerprint density at radius 2 is 1.91 bits per heavy atom. The molecule has 8 heteroatoms. The molecule has 0 aromatic heterocycles. The van der Waals surface area contributed by atoms with E-state index in [9.17, 15) is 10.1 Å². The number of rotatable bonds is 8. The molecule has 174 valence electrons. The smallest absolute Gasteiger partial charge is 0.262 e. The van der Waals surface area contributed by atoms with Gasteiger partial charge in [-0.25, -0.2) is 0 Å². The van der Waals surface area contributed by atoms with Crippen LogP contribution in [0, 0.1) is 14.9 Å². The molecule has 1 amide bonds. The normalized spacial score (nSPS) is 11.9. The van der Waals surface area contributed by atoms with Gasteiger partial charge >= 0.3 is 0 Å². The van der Waals surface area contributed by atoms with Gasteiger partial charge in [-0.2, -0.15) is 5.26 Å². The fourth-order valence-corrected chi connectivity index (χ4v) is 4.41. The Labute approximate surface area is 222 Å². The topological polar surface area (TPSA) is 71.3 Å². The molecule has 0 saturated carbocycles. The maximum absolute atomic E-state index is 12.7. The number of amides is 1. The number of hydrogen-bond donors (Lipinski definition) is 1. The SMILES string of the molecule is COc1cc(/C=C(/C#N)C(=O)N[C@H](C)c2ccccc2)cc(I)c1OCc1ccc(Cl)cc1Cl. The Hall–Kier alpha value is -2.73. The van der Waals surface area contributed by atoms with Gasteiger partial charge < -0.3 is 14.8 Å². The van der Waals surface area contributed by atoms with E-state index >= 15 is 0 Å². The van der Waals surface area contributed by atoms with Gasteiger partial charge in [0, 0.05) is 15.6 Å². The number of halogens is 3. The van der Waals surface area contributed by atoms with Crippen LogP contribution in [0.15, 0.2) is 66.2 Å². The molecule has 0 aliphatic carbocycles. The van der Waals surface area contributed by atoms with Gasteiger partial charge in [-0.05, 0) is 71.0 Å². The molecule has 0 unspecified atom stereocenters. The lowest BCUT2D eigenvalue weighted by Gasteiger charge is -2.15. The molecule has 0 aliphatic heterocycles. The number of carbonyl (C=O) groups excluding carboxylic acids is 1. The minimum absolute atomic E-state index is 0.0118. The zero-order valence-corrected chi connectivity index (χ0v) is 22.1. The van der Waals surface area contributed by atoms with Crippen molar-refractivity contribution >= 4 is 57.8 Å². The standard InChI is InChI=1S/C26H21Cl2IN2O3/c1-16(18-6-4-3-5-7-18)31-26(32)20(14-30)10-17-11-23(29)25(24(12-17)33-2)34-15-19-8-9-21(27)13-22(19)28/h3-13,16H,15H2,1-2H3,(H,31,32)/b20-10-/t16-/m1/s1. The monoisotopic (exact) mass is 606 g/mol. The Morgan fingerprint density at radius 3 is 2.56 bits per heavy atom. The zero-order valence-electron chi connectivity index (χ0n) is 18.4. The van der Waals surface area contributed by atoms with E-state index in [1.807, 2.05) is 49.4 Å². The van der Waals surface area contributed by atoms with Crippen molar-refractivity contribution < 1.29 is 14.3 Å². The van der Waals surface area contributed by atoms with Gasteiger partial charge in [0.15, 0.2) is 11.5 Å². The van der Waals surface area contributed by atoms with E-state index < -0.39 is 5.91 Å². The molecular formula is C26H21Cl2IN2O3. The van der Waals surface area contributed by atoms with Gasteiger partial charge in [0.2, 0.25) is 0 Å². The minimum atomic E-state index is -0.453. The van der Waals surface area contributed by atoms with E-state index in [0.717, 1.165) is 14.7 Å². The number of nitriles is 1. The summed E-state index contributed by atoms with van der Waals surface area (Å²) >= 11 is 14.3. The molecule has 0 fully saturated rings. The number of hydrogen-bond acceptors (Lipinski definition) is 4. The number of methoxy groups -OCH3 is 1. The van der Waals surface area contributed by atoms with Gasteiger partial charge in [-0.1, -0.05) is 59.6 Å². The molecule has 0 spiro atoms. The quantitative estimate of drug-likeness (QED) is 0.171. The van der Waals surface area contributed by atoms with Crippen molar-refractivity contribution in [2.24, 2.45) is 0 Å². The number of nitrogens with one attached hydrogen (secondary N) is 1. The highest BCUT2D eigenvalue weighted by molar-refractivity contribution is 14.1. The average Bonchev–Trinajstić information content (AvgIpc) is 2.82. The Kier molecular flexibility index (Phi) is 9.22. The van der Waals surface area contributed by atoms with Crippen LogP contribution < -0.4 is 14.8 Å². The Bertz CT molecular complexity index is 1260. The van der Waals surface area contributed by atoms with Gasteiger partial charge in [0.1, 0.15) is 18.2 Å². The first-order valence-electron chi connectivity index (χ1n) is 10.2. The molecule has 3 aromatic rings. The first-order valence-corrected chi connectivity index (χ1v) is 12.1. The largest absolute Gasteiger partial charge is 0.493 e. The van der Waals surface area contributed by atoms with Crippen LogP contribution in [0.2, 0.25) is 10.0 Å². The van der Waals surface area contributed by atoms with Crippen molar-refractivity contribution in [3.63, 3.8) is 0 Å². The molecule has 3 rings (SSSR count). The predicted molar refractivity (Wildman–Crippen MR) is 143 cm³/mol. The van der Waals surface area contributed by atoms with Crippen molar-refractivity contribution in [3.8, 4) is 17.6 Å². The number of nitrogens with zero attached hydrogens (tertiary/aromatic N) is 1. The first kappa shape index (κ1) is 25.9. The number of benzene rings is 3. The summed E-state index contributed by atoms with van der Waals surface area (Å²) in [6.07, 6.45) is 1.53. The van der Waals surface area contributed by atoms with E-state index in [4.69, 9.17) is 32.7 Å². The highest BCUT2D eigenvalue weighted by atomic mass is 127. The summed E-state index contributed by atoms with van der Waals surface area (Å²) in [6.45, 7) is 2.09. The van der Waals surface area contributed by atoms with Crippen LogP contribution >= 0.6 is 45.8 Å². The van der Waals surface area contributed by atoms with E-state index in [1.165, 1.54) is 13.2 Å². The van der Waals surface area contributed by atoms with Crippen LogP contribution in [0.3, 0.4) is 0 Å². The fourth-order valence-electron chi connectivity index (χ4n) is 3.17. The van der Waals surface area contributed by atoms with Gasteiger partial charge in [-0.15, -0.1) is 0 Å². The van der Waals surface area contributed by atoms with Crippen LogP contribution in [0.5, 0.6) is 11.5 Å².